The van der Waals surface area contributed by atoms with Gasteiger partial charge >= 0.3 is 0 Å². The molecule has 0 amide bonds. The van der Waals surface area contributed by atoms with Crippen LogP contribution < -0.4 is 10.6 Å². The summed E-state index contributed by atoms with van der Waals surface area (Å²) in [6, 6.07) is 9.44. The van der Waals surface area contributed by atoms with Gasteiger partial charge in [-0.05, 0) is 37.5 Å². The Morgan fingerprint density at radius 1 is 1.31 bits per heavy atom. The Labute approximate surface area is 179 Å². The molecule has 0 radical (unpaired) electrons. The summed E-state index contributed by atoms with van der Waals surface area (Å²) in [5.74, 6) is 2.57. The number of nitrogens with zero attached hydrogens (tertiary/aromatic N) is 4. The van der Waals surface area contributed by atoms with Crippen LogP contribution in [0.25, 0.3) is 0 Å². The molecule has 3 unspecified atom stereocenters. The highest BCUT2D eigenvalue weighted by Crippen LogP contribution is 2.41. The lowest BCUT2D eigenvalue weighted by Gasteiger charge is -2.25. The molecule has 2 aromatic rings. The first-order valence-corrected chi connectivity index (χ1v) is 9.72. The predicted octanol–water partition coefficient (Wildman–Crippen LogP) is 3.08. The minimum absolute atomic E-state index is 0. The third kappa shape index (κ3) is 4.57. The SMILES string of the molecule is CCN=C(NC1CCc2ncnn2C1)NC1CC1c1ccc(Br)cc1.I. The maximum absolute atomic E-state index is 4.63. The van der Waals surface area contributed by atoms with Gasteiger partial charge in [0, 0.05) is 35.4 Å². The molecule has 1 aliphatic carbocycles. The van der Waals surface area contributed by atoms with Gasteiger partial charge in [0.15, 0.2) is 5.96 Å². The van der Waals surface area contributed by atoms with Gasteiger partial charge in [-0.15, -0.1) is 24.0 Å². The Hall–Kier alpha value is -1.16. The molecular formula is C18H24BrIN6. The van der Waals surface area contributed by atoms with Gasteiger partial charge in [0.25, 0.3) is 0 Å². The van der Waals surface area contributed by atoms with Crippen molar-refractivity contribution in [1.82, 2.24) is 25.4 Å². The number of aryl methyl sites for hydroxylation is 1. The molecular weight excluding hydrogens is 507 g/mol. The highest BCUT2D eigenvalue weighted by atomic mass is 127. The average molecular weight is 531 g/mol. The molecule has 0 bridgehead atoms. The first-order chi connectivity index (χ1) is 12.2. The third-order valence-corrected chi connectivity index (χ3v) is 5.40. The second kappa shape index (κ2) is 8.69. The van der Waals surface area contributed by atoms with Crippen molar-refractivity contribution in [3.8, 4) is 0 Å². The highest BCUT2D eigenvalue weighted by molar-refractivity contribution is 14.0. The standard InChI is InChI=1S/C18H23BrN6.HI/c1-2-20-18(23-14-7-8-17-21-11-22-25(17)10-14)24-16-9-15(16)12-3-5-13(19)6-4-12;/h3-6,11,14-16H,2,7-10H2,1H3,(H2,20,23,24);1H. The van der Waals surface area contributed by atoms with Crippen LogP contribution >= 0.6 is 39.9 Å². The summed E-state index contributed by atoms with van der Waals surface area (Å²) in [6.07, 6.45) is 4.82. The molecule has 2 aliphatic rings. The van der Waals surface area contributed by atoms with Crippen molar-refractivity contribution < 1.29 is 0 Å². The molecule has 140 valence electrons. The lowest BCUT2D eigenvalue weighted by atomic mass is 10.1. The molecule has 4 rings (SSSR count). The fourth-order valence-electron chi connectivity index (χ4n) is 3.45. The fourth-order valence-corrected chi connectivity index (χ4v) is 3.71. The van der Waals surface area contributed by atoms with Gasteiger partial charge in [0.1, 0.15) is 12.2 Å². The van der Waals surface area contributed by atoms with Crippen LogP contribution in [0.3, 0.4) is 0 Å². The lowest BCUT2D eigenvalue weighted by molar-refractivity contribution is 0.392. The molecule has 1 aromatic heterocycles. The second-order valence-electron chi connectivity index (χ2n) is 6.71. The van der Waals surface area contributed by atoms with Crippen LogP contribution in [-0.2, 0) is 13.0 Å². The number of nitrogens with one attached hydrogen (secondary N) is 2. The van der Waals surface area contributed by atoms with Crippen LogP contribution in [0, 0.1) is 0 Å². The van der Waals surface area contributed by atoms with Crippen molar-refractivity contribution >= 4 is 45.9 Å². The fraction of sp³-hybridized carbons (Fsp3) is 0.500. The molecule has 1 saturated carbocycles. The summed E-state index contributed by atoms with van der Waals surface area (Å²) in [5, 5.41) is 11.5. The van der Waals surface area contributed by atoms with E-state index in [1.54, 1.807) is 6.33 Å². The number of hydrogen-bond donors (Lipinski definition) is 2. The molecule has 0 spiro atoms. The average Bonchev–Trinajstić information content (AvgIpc) is 3.20. The number of benzene rings is 1. The van der Waals surface area contributed by atoms with Gasteiger partial charge in [-0.2, -0.15) is 5.10 Å². The topological polar surface area (TPSA) is 67.1 Å². The molecule has 2 heterocycles. The molecule has 0 saturated heterocycles. The minimum atomic E-state index is 0. The van der Waals surface area contributed by atoms with Gasteiger partial charge in [-0.25, -0.2) is 9.67 Å². The Morgan fingerprint density at radius 2 is 2.12 bits per heavy atom. The van der Waals surface area contributed by atoms with Gasteiger partial charge in [-0.1, -0.05) is 28.1 Å². The van der Waals surface area contributed by atoms with E-state index < -0.39 is 0 Å². The van der Waals surface area contributed by atoms with E-state index in [9.17, 15) is 0 Å². The van der Waals surface area contributed by atoms with E-state index in [1.165, 1.54) is 5.56 Å². The van der Waals surface area contributed by atoms with E-state index in [-0.39, 0.29) is 24.0 Å². The maximum Gasteiger partial charge on any atom is 0.191 e. The zero-order valence-electron chi connectivity index (χ0n) is 14.7. The second-order valence-corrected chi connectivity index (χ2v) is 7.62. The first-order valence-electron chi connectivity index (χ1n) is 8.92. The highest BCUT2D eigenvalue weighted by Gasteiger charge is 2.39. The Morgan fingerprint density at radius 3 is 2.88 bits per heavy atom. The maximum atomic E-state index is 4.63. The van der Waals surface area contributed by atoms with E-state index in [0.717, 1.165) is 48.6 Å². The largest absolute Gasteiger partial charge is 0.353 e. The molecule has 26 heavy (non-hydrogen) atoms. The minimum Gasteiger partial charge on any atom is -0.353 e. The number of guanidine groups is 1. The number of hydrogen-bond acceptors (Lipinski definition) is 3. The van der Waals surface area contributed by atoms with E-state index in [4.69, 9.17) is 0 Å². The van der Waals surface area contributed by atoms with Crippen LogP contribution in [-0.4, -0.2) is 39.4 Å². The van der Waals surface area contributed by atoms with Crippen molar-refractivity contribution in [3.63, 3.8) is 0 Å². The molecule has 1 aromatic carbocycles. The normalized spacial score (nSPS) is 24.4. The molecule has 3 atom stereocenters. The zero-order valence-corrected chi connectivity index (χ0v) is 18.6. The van der Waals surface area contributed by atoms with Gasteiger partial charge in [-0.3, -0.25) is 4.99 Å². The van der Waals surface area contributed by atoms with E-state index >= 15 is 0 Å². The summed E-state index contributed by atoms with van der Waals surface area (Å²) in [4.78, 5) is 8.92. The summed E-state index contributed by atoms with van der Waals surface area (Å²) < 4.78 is 3.12. The van der Waals surface area contributed by atoms with Crippen molar-refractivity contribution in [2.75, 3.05) is 6.54 Å². The molecule has 1 aliphatic heterocycles. The molecule has 1 fully saturated rings. The Kier molecular flexibility index (Phi) is 6.55. The molecule has 2 N–H and O–H groups in total. The number of aliphatic imine (C=N–C) groups is 1. The van der Waals surface area contributed by atoms with Crippen LogP contribution in [0.15, 0.2) is 40.1 Å². The predicted molar refractivity (Wildman–Crippen MR) is 117 cm³/mol. The van der Waals surface area contributed by atoms with Crippen molar-refractivity contribution in [1.29, 1.82) is 0 Å². The van der Waals surface area contributed by atoms with Crippen LogP contribution in [0.4, 0.5) is 0 Å². The van der Waals surface area contributed by atoms with E-state index in [0.29, 0.717) is 18.0 Å². The van der Waals surface area contributed by atoms with E-state index in [1.807, 2.05) is 4.68 Å². The van der Waals surface area contributed by atoms with E-state index in [2.05, 4.69) is 72.8 Å². The number of rotatable bonds is 4. The Balaban J connectivity index is 0.00000196. The van der Waals surface area contributed by atoms with Gasteiger partial charge in [0.2, 0.25) is 0 Å². The molecule has 6 nitrogen and oxygen atoms in total. The number of halogens is 2. The summed E-state index contributed by atoms with van der Waals surface area (Å²) in [5.41, 5.74) is 1.39. The van der Waals surface area contributed by atoms with Crippen molar-refractivity contribution in [2.24, 2.45) is 4.99 Å². The summed E-state index contributed by atoms with van der Waals surface area (Å²) in [7, 11) is 0. The quantitative estimate of drug-likeness (QED) is 0.362. The summed E-state index contributed by atoms with van der Waals surface area (Å²) in [6.45, 7) is 3.69. The smallest absolute Gasteiger partial charge is 0.191 e. The zero-order chi connectivity index (χ0) is 17.2. The first kappa shape index (κ1) is 19.6. The monoisotopic (exact) mass is 530 g/mol. The number of aromatic nitrogens is 3. The molecule has 8 heteroatoms. The van der Waals surface area contributed by atoms with Crippen LogP contribution in [0.2, 0.25) is 0 Å². The third-order valence-electron chi connectivity index (χ3n) is 4.87. The lowest BCUT2D eigenvalue weighted by Crippen LogP contribution is -2.48. The van der Waals surface area contributed by atoms with Gasteiger partial charge in [0.05, 0.1) is 6.54 Å². The van der Waals surface area contributed by atoms with Crippen molar-refractivity contribution in [2.45, 2.75) is 50.7 Å². The van der Waals surface area contributed by atoms with Crippen LogP contribution in [0.5, 0.6) is 0 Å². The Bertz CT molecular complexity index is 759. The number of fused-ring (bicyclic) bond motifs is 1. The summed E-state index contributed by atoms with van der Waals surface area (Å²) >= 11 is 3.50. The van der Waals surface area contributed by atoms with Gasteiger partial charge < -0.3 is 10.6 Å². The van der Waals surface area contributed by atoms with Crippen LogP contribution in [0.1, 0.15) is 37.1 Å². The van der Waals surface area contributed by atoms with Crippen molar-refractivity contribution in [3.05, 3.63) is 46.5 Å².